The smallest absolute Gasteiger partial charge is 0.254 e. The van der Waals surface area contributed by atoms with Crippen LogP contribution >= 0.6 is 0 Å². The first-order chi connectivity index (χ1) is 14.0. The third-order valence-electron chi connectivity index (χ3n) is 5.67. The van der Waals surface area contributed by atoms with Gasteiger partial charge in [-0.1, -0.05) is 36.4 Å². The van der Waals surface area contributed by atoms with Crippen molar-refractivity contribution in [3.05, 3.63) is 71.0 Å². The third kappa shape index (κ3) is 4.48. The molecule has 4 rings (SSSR count). The van der Waals surface area contributed by atoms with Gasteiger partial charge >= 0.3 is 0 Å². The van der Waals surface area contributed by atoms with Crippen LogP contribution in [0.3, 0.4) is 0 Å². The van der Waals surface area contributed by atoms with Crippen molar-refractivity contribution in [2.24, 2.45) is 0 Å². The Morgan fingerprint density at radius 2 is 1.72 bits per heavy atom. The van der Waals surface area contributed by atoms with Gasteiger partial charge in [0, 0.05) is 37.8 Å². The Morgan fingerprint density at radius 1 is 1.03 bits per heavy atom. The number of aryl methyl sites for hydroxylation is 1. The Morgan fingerprint density at radius 3 is 2.34 bits per heavy atom. The summed E-state index contributed by atoms with van der Waals surface area (Å²) in [4.78, 5) is 29.6. The van der Waals surface area contributed by atoms with Gasteiger partial charge in [-0.15, -0.1) is 0 Å². The van der Waals surface area contributed by atoms with E-state index in [4.69, 9.17) is 0 Å². The molecule has 1 saturated carbocycles. The monoisotopic (exact) mass is 395 g/mol. The maximum absolute atomic E-state index is 13.8. The number of rotatable bonds is 5. The first-order valence-corrected chi connectivity index (χ1v) is 10.2. The molecule has 0 radical (unpaired) electrons. The molecular formula is C23H26FN3O2. The van der Waals surface area contributed by atoms with Crippen molar-refractivity contribution >= 4 is 11.8 Å². The fraction of sp³-hybridized carbons (Fsp3) is 0.391. The minimum Gasteiger partial charge on any atom is -0.352 e. The third-order valence-corrected chi connectivity index (χ3v) is 5.67. The van der Waals surface area contributed by atoms with E-state index in [-0.39, 0.29) is 23.7 Å². The van der Waals surface area contributed by atoms with Gasteiger partial charge in [0.1, 0.15) is 11.9 Å². The number of halogens is 1. The molecule has 1 saturated heterocycles. The summed E-state index contributed by atoms with van der Waals surface area (Å²) in [6.07, 6.45) is 2.09. The van der Waals surface area contributed by atoms with E-state index in [0.717, 1.165) is 18.4 Å². The van der Waals surface area contributed by atoms with Gasteiger partial charge in [-0.3, -0.25) is 14.5 Å². The summed E-state index contributed by atoms with van der Waals surface area (Å²) in [5, 5.41) is 3.12. The van der Waals surface area contributed by atoms with E-state index in [1.165, 1.54) is 6.07 Å². The molecule has 6 heteroatoms. The predicted octanol–water partition coefficient (Wildman–Crippen LogP) is 2.91. The molecule has 0 spiro atoms. The van der Waals surface area contributed by atoms with Crippen molar-refractivity contribution in [2.75, 3.05) is 26.2 Å². The van der Waals surface area contributed by atoms with Crippen molar-refractivity contribution in [1.82, 2.24) is 15.1 Å². The predicted molar refractivity (Wildman–Crippen MR) is 109 cm³/mol. The van der Waals surface area contributed by atoms with Crippen LogP contribution in [-0.4, -0.2) is 53.8 Å². The topological polar surface area (TPSA) is 52.7 Å². The summed E-state index contributed by atoms with van der Waals surface area (Å²) < 4.78 is 13.8. The van der Waals surface area contributed by atoms with Crippen LogP contribution in [0.5, 0.6) is 0 Å². The van der Waals surface area contributed by atoms with Crippen LogP contribution in [0.25, 0.3) is 0 Å². The molecule has 1 heterocycles. The molecular weight excluding hydrogens is 369 g/mol. The summed E-state index contributed by atoms with van der Waals surface area (Å²) in [6.45, 7) is 3.89. The van der Waals surface area contributed by atoms with E-state index >= 15 is 0 Å². The molecule has 29 heavy (non-hydrogen) atoms. The van der Waals surface area contributed by atoms with E-state index in [1.54, 1.807) is 24.0 Å². The van der Waals surface area contributed by atoms with Crippen molar-refractivity contribution in [3.8, 4) is 0 Å². The number of amides is 2. The standard InChI is InChI=1S/C23H26FN3O2/c1-16-7-8-18(15-20(16)24)23(29)27-13-11-26(12-14-27)21(17-5-3-2-4-6-17)22(28)25-19-9-10-19/h2-8,15,19,21H,9-14H2,1H3,(H,25,28). The fourth-order valence-corrected chi connectivity index (χ4v) is 3.76. The minimum absolute atomic E-state index is 0.0269. The number of nitrogens with zero attached hydrogens (tertiary/aromatic N) is 2. The van der Waals surface area contributed by atoms with Gasteiger partial charge in [0.15, 0.2) is 0 Å². The van der Waals surface area contributed by atoms with Gasteiger partial charge in [-0.05, 0) is 43.0 Å². The number of carbonyl (C=O) groups is 2. The lowest BCUT2D eigenvalue weighted by molar-refractivity contribution is -0.127. The Kier molecular flexibility index (Phi) is 5.62. The molecule has 2 aromatic carbocycles. The number of benzene rings is 2. The van der Waals surface area contributed by atoms with Gasteiger partial charge in [0.2, 0.25) is 5.91 Å². The highest BCUT2D eigenvalue weighted by Gasteiger charge is 2.34. The van der Waals surface area contributed by atoms with Gasteiger partial charge in [-0.25, -0.2) is 4.39 Å². The second kappa shape index (κ2) is 8.33. The van der Waals surface area contributed by atoms with Crippen LogP contribution in [0.4, 0.5) is 4.39 Å². The van der Waals surface area contributed by atoms with Crippen LogP contribution in [0.1, 0.15) is 40.4 Å². The molecule has 2 amide bonds. The first kappa shape index (κ1) is 19.6. The normalized spacial score (nSPS) is 18.3. The van der Waals surface area contributed by atoms with Crippen molar-refractivity contribution in [3.63, 3.8) is 0 Å². The highest BCUT2D eigenvalue weighted by Crippen LogP contribution is 2.26. The lowest BCUT2D eigenvalue weighted by Crippen LogP contribution is -2.52. The van der Waals surface area contributed by atoms with Crippen LogP contribution in [0, 0.1) is 12.7 Å². The van der Waals surface area contributed by atoms with E-state index in [9.17, 15) is 14.0 Å². The fourth-order valence-electron chi connectivity index (χ4n) is 3.76. The van der Waals surface area contributed by atoms with Crippen LogP contribution < -0.4 is 5.32 Å². The first-order valence-electron chi connectivity index (χ1n) is 10.2. The molecule has 1 atom stereocenters. The molecule has 1 aliphatic heterocycles. The summed E-state index contributed by atoms with van der Waals surface area (Å²) >= 11 is 0. The molecule has 1 unspecified atom stereocenters. The van der Waals surface area contributed by atoms with E-state index < -0.39 is 0 Å². The highest BCUT2D eigenvalue weighted by molar-refractivity contribution is 5.94. The van der Waals surface area contributed by atoms with Crippen LogP contribution in [0.15, 0.2) is 48.5 Å². The van der Waals surface area contributed by atoms with Crippen LogP contribution in [-0.2, 0) is 4.79 Å². The zero-order chi connectivity index (χ0) is 20.4. The Labute approximate surface area is 170 Å². The molecule has 2 aromatic rings. The maximum Gasteiger partial charge on any atom is 0.254 e. The molecule has 1 aliphatic carbocycles. The van der Waals surface area contributed by atoms with Crippen molar-refractivity contribution < 1.29 is 14.0 Å². The number of piperazine rings is 1. The van der Waals surface area contributed by atoms with Gasteiger partial charge in [0.05, 0.1) is 0 Å². The SMILES string of the molecule is Cc1ccc(C(=O)N2CCN(C(C(=O)NC3CC3)c3ccccc3)CC2)cc1F. The second-order valence-corrected chi connectivity index (χ2v) is 7.89. The van der Waals surface area contributed by atoms with E-state index in [0.29, 0.717) is 43.3 Å². The summed E-state index contributed by atoms with van der Waals surface area (Å²) in [5.74, 6) is -0.503. The lowest BCUT2D eigenvalue weighted by atomic mass is 10.0. The summed E-state index contributed by atoms with van der Waals surface area (Å²) in [6, 6.07) is 14.3. The molecule has 2 aliphatic rings. The van der Waals surface area contributed by atoms with Gasteiger partial charge in [0.25, 0.3) is 5.91 Å². The van der Waals surface area contributed by atoms with Gasteiger partial charge < -0.3 is 10.2 Å². The number of hydrogen-bond donors (Lipinski definition) is 1. The average Bonchev–Trinajstić information content (AvgIpc) is 3.55. The molecule has 0 aromatic heterocycles. The minimum atomic E-state index is -0.365. The van der Waals surface area contributed by atoms with E-state index in [1.807, 2.05) is 30.3 Å². The highest BCUT2D eigenvalue weighted by atomic mass is 19.1. The Bertz CT molecular complexity index is 890. The molecule has 2 fully saturated rings. The zero-order valence-electron chi connectivity index (χ0n) is 16.6. The second-order valence-electron chi connectivity index (χ2n) is 7.89. The van der Waals surface area contributed by atoms with Crippen molar-refractivity contribution in [1.29, 1.82) is 0 Å². The Hall–Kier alpha value is -2.73. The lowest BCUT2D eigenvalue weighted by Gasteiger charge is -2.39. The molecule has 5 nitrogen and oxygen atoms in total. The number of hydrogen-bond acceptors (Lipinski definition) is 3. The maximum atomic E-state index is 13.8. The average molecular weight is 395 g/mol. The molecule has 1 N–H and O–H groups in total. The van der Waals surface area contributed by atoms with Gasteiger partial charge in [-0.2, -0.15) is 0 Å². The largest absolute Gasteiger partial charge is 0.352 e. The molecule has 0 bridgehead atoms. The zero-order valence-corrected chi connectivity index (χ0v) is 16.6. The van der Waals surface area contributed by atoms with Crippen LogP contribution in [0.2, 0.25) is 0 Å². The summed E-state index contributed by atoms with van der Waals surface area (Å²) in [7, 11) is 0. The van der Waals surface area contributed by atoms with Crippen molar-refractivity contribution in [2.45, 2.75) is 31.8 Å². The Balaban J connectivity index is 1.45. The number of nitrogens with one attached hydrogen (secondary N) is 1. The molecule has 152 valence electrons. The quantitative estimate of drug-likeness (QED) is 0.847. The summed E-state index contributed by atoms with van der Waals surface area (Å²) in [5.41, 5.74) is 1.86. The van der Waals surface area contributed by atoms with E-state index in [2.05, 4.69) is 10.2 Å². The number of carbonyl (C=O) groups excluding carboxylic acids is 2.